The minimum absolute atomic E-state index is 0.0492. The van der Waals surface area contributed by atoms with E-state index in [1.807, 2.05) is 26.8 Å². The molecule has 0 spiro atoms. The first kappa shape index (κ1) is 24.1. The van der Waals surface area contributed by atoms with Gasteiger partial charge in [-0.3, -0.25) is 19.6 Å². The first-order valence-electron chi connectivity index (χ1n) is 10.6. The molecule has 3 atom stereocenters. The van der Waals surface area contributed by atoms with Crippen LogP contribution in [0.1, 0.15) is 39.2 Å². The molecule has 172 valence electrons. The molecule has 3 rings (SSSR count). The number of halogens is 2. The van der Waals surface area contributed by atoms with Crippen molar-refractivity contribution in [1.29, 1.82) is 0 Å². The Morgan fingerprint density at radius 3 is 2.75 bits per heavy atom. The molecule has 9 heteroatoms. The van der Waals surface area contributed by atoms with Crippen molar-refractivity contribution in [2.45, 2.75) is 58.4 Å². The number of nitrogens with zero attached hydrogens (tertiary/aromatic N) is 3. The van der Waals surface area contributed by atoms with Gasteiger partial charge in [-0.15, -0.1) is 0 Å². The number of alkyl halides is 1. The van der Waals surface area contributed by atoms with Crippen LogP contribution in [0.15, 0.2) is 36.8 Å². The molecule has 1 fully saturated rings. The number of aromatic nitrogens is 2. The van der Waals surface area contributed by atoms with E-state index in [-0.39, 0.29) is 24.9 Å². The van der Waals surface area contributed by atoms with Gasteiger partial charge >= 0.3 is 0 Å². The van der Waals surface area contributed by atoms with Gasteiger partial charge in [-0.05, 0) is 29.5 Å². The SMILES string of the molecule is CC(C)(C)C[C@@H](N)C(=O)N1C[C@H](F)CC1C(=O)NCc1cc(Cl)ccc1-c1cnccn1. The van der Waals surface area contributed by atoms with Crippen LogP contribution in [0.2, 0.25) is 5.02 Å². The maximum Gasteiger partial charge on any atom is 0.243 e. The van der Waals surface area contributed by atoms with E-state index in [4.69, 9.17) is 17.3 Å². The van der Waals surface area contributed by atoms with E-state index in [1.54, 1.807) is 30.7 Å². The van der Waals surface area contributed by atoms with Gasteiger partial charge in [0.25, 0.3) is 0 Å². The van der Waals surface area contributed by atoms with Gasteiger partial charge < -0.3 is 16.0 Å². The van der Waals surface area contributed by atoms with Crippen LogP contribution in [-0.2, 0) is 16.1 Å². The Morgan fingerprint density at radius 1 is 1.34 bits per heavy atom. The third kappa shape index (κ3) is 6.01. The van der Waals surface area contributed by atoms with Crippen LogP contribution >= 0.6 is 11.6 Å². The monoisotopic (exact) mass is 461 g/mol. The molecule has 1 aliphatic heterocycles. The van der Waals surface area contributed by atoms with Gasteiger partial charge in [0.1, 0.15) is 12.2 Å². The van der Waals surface area contributed by atoms with Gasteiger partial charge in [0, 0.05) is 35.9 Å². The zero-order chi connectivity index (χ0) is 23.5. The molecule has 1 aromatic heterocycles. The van der Waals surface area contributed by atoms with Crippen molar-refractivity contribution in [2.75, 3.05) is 6.54 Å². The molecule has 7 nitrogen and oxygen atoms in total. The van der Waals surface area contributed by atoms with Crippen LogP contribution in [-0.4, -0.2) is 51.5 Å². The van der Waals surface area contributed by atoms with Crippen molar-refractivity contribution >= 4 is 23.4 Å². The molecule has 3 N–H and O–H groups in total. The summed E-state index contributed by atoms with van der Waals surface area (Å²) in [6.07, 6.45) is 3.90. The van der Waals surface area contributed by atoms with Gasteiger partial charge in [-0.1, -0.05) is 38.4 Å². The lowest BCUT2D eigenvalue weighted by molar-refractivity contribution is -0.140. The number of hydrogen-bond donors (Lipinski definition) is 2. The normalized spacial score (nSPS) is 19.6. The summed E-state index contributed by atoms with van der Waals surface area (Å²) < 4.78 is 14.2. The van der Waals surface area contributed by atoms with Crippen molar-refractivity contribution in [3.63, 3.8) is 0 Å². The van der Waals surface area contributed by atoms with Crippen molar-refractivity contribution in [1.82, 2.24) is 20.2 Å². The molecule has 2 amide bonds. The van der Waals surface area contributed by atoms with Crippen molar-refractivity contribution in [3.05, 3.63) is 47.4 Å². The lowest BCUT2D eigenvalue weighted by Crippen LogP contribution is -2.51. The summed E-state index contributed by atoms with van der Waals surface area (Å²) in [5.41, 5.74) is 8.08. The zero-order valence-corrected chi connectivity index (χ0v) is 19.3. The Hall–Kier alpha value is -2.58. The van der Waals surface area contributed by atoms with E-state index in [9.17, 15) is 14.0 Å². The second-order valence-electron chi connectivity index (χ2n) is 9.32. The van der Waals surface area contributed by atoms with Gasteiger partial charge in [0.15, 0.2) is 0 Å². The number of carbonyl (C=O) groups is 2. The second-order valence-corrected chi connectivity index (χ2v) is 9.76. The molecule has 32 heavy (non-hydrogen) atoms. The molecular formula is C23H29ClFN5O2. The highest BCUT2D eigenvalue weighted by Crippen LogP contribution is 2.27. The minimum atomic E-state index is -1.27. The van der Waals surface area contributed by atoms with E-state index in [2.05, 4.69) is 15.3 Å². The molecule has 2 heterocycles. The fourth-order valence-corrected chi connectivity index (χ4v) is 4.13. The summed E-state index contributed by atoms with van der Waals surface area (Å²) in [6.45, 7) is 5.95. The number of benzene rings is 1. The van der Waals surface area contributed by atoms with Crippen molar-refractivity contribution in [3.8, 4) is 11.3 Å². The average molecular weight is 462 g/mol. The first-order chi connectivity index (χ1) is 15.0. The topological polar surface area (TPSA) is 101 Å². The molecule has 1 aliphatic rings. The van der Waals surface area contributed by atoms with Crippen LogP contribution in [0.5, 0.6) is 0 Å². The second kappa shape index (κ2) is 9.92. The predicted molar refractivity (Wildman–Crippen MR) is 121 cm³/mol. The Kier molecular flexibility index (Phi) is 7.46. The smallest absolute Gasteiger partial charge is 0.243 e. The van der Waals surface area contributed by atoms with Crippen LogP contribution in [0.25, 0.3) is 11.3 Å². The van der Waals surface area contributed by atoms with Crippen LogP contribution < -0.4 is 11.1 Å². The number of nitrogens with one attached hydrogen (secondary N) is 1. The standard InChI is InChI=1S/C23H29ClFN5O2/c1-23(2,3)10-18(26)22(32)30-13-16(25)9-20(30)21(31)29-11-14-8-15(24)4-5-17(14)19-12-27-6-7-28-19/h4-8,12,16,18,20H,9-11,13,26H2,1-3H3,(H,29,31)/t16-,18-,20?/m1/s1. The van der Waals surface area contributed by atoms with E-state index >= 15 is 0 Å². The summed E-state index contributed by atoms with van der Waals surface area (Å²) >= 11 is 6.15. The van der Waals surface area contributed by atoms with Gasteiger partial charge in [0.2, 0.25) is 11.8 Å². The fraction of sp³-hybridized carbons (Fsp3) is 0.478. The lowest BCUT2D eigenvalue weighted by atomic mass is 9.88. The number of nitrogens with two attached hydrogens (primary N) is 1. The highest BCUT2D eigenvalue weighted by molar-refractivity contribution is 6.30. The largest absolute Gasteiger partial charge is 0.350 e. The number of rotatable bonds is 6. The Labute approximate surface area is 192 Å². The van der Waals surface area contributed by atoms with Crippen LogP contribution in [0.4, 0.5) is 4.39 Å². The first-order valence-corrected chi connectivity index (χ1v) is 11.0. The Balaban J connectivity index is 1.73. The Bertz CT molecular complexity index is 967. The number of carbonyl (C=O) groups excluding carboxylic acids is 2. The highest BCUT2D eigenvalue weighted by Gasteiger charge is 2.41. The molecule has 0 aliphatic carbocycles. The zero-order valence-electron chi connectivity index (χ0n) is 18.5. The fourth-order valence-electron chi connectivity index (χ4n) is 3.93. The number of amides is 2. The number of likely N-dealkylation sites (tertiary alicyclic amines) is 1. The molecule has 0 bridgehead atoms. The van der Waals surface area contributed by atoms with Crippen LogP contribution in [0, 0.1) is 5.41 Å². The molecular weight excluding hydrogens is 433 g/mol. The number of hydrogen-bond acceptors (Lipinski definition) is 5. The van der Waals surface area contributed by atoms with Gasteiger partial charge in [0.05, 0.1) is 24.5 Å². The van der Waals surface area contributed by atoms with E-state index in [0.717, 1.165) is 11.1 Å². The minimum Gasteiger partial charge on any atom is -0.350 e. The van der Waals surface area contributed by atoms with E-state index in [1.165, 1.54) is 4.90 Å². The summed E-state index contributed by atoms with van der Waals surface area (Å²) in [6, 6.07) is 3.59. The molecule has 1 aromatic carbocycles. The summed E-state index contributed by atoms with van der Waals surface area (Å²) in [5.74, 6) is -0.824. The maximum atomic E-state index is 14.2. The highest BCUT2D eigenvalue weighted by atomic mass is 35.5. The van der Waals surface area contributed by atoms with Gasteiger partial charge in [-0.2, -0.15) is 0 Å². The molecule has 0 radical (unpaired) electrons. The summed E-state index contributed by atoms with van der Waals surface area (Å²) in [7, 11) is 0. The van der Waals surface area contributed by atoms with Gasteiger partial charge in [-0.25, -0.2) is 4.39 Å². The maximum absolute atomic E-state index is 14.2. The van der Waals surface area contributed by atoms with Crippen molar-refractivity contribution < 1.29 is 14.0 Å². The lowest BCUT2D eigenvalue weighted by Gasteiger charge is -2.29. The molecule has 0 saturated carbocycles. The third-order valence-electron chi connectivity index (χ3n) is 5.34. The predicted octanol–water partition coefficient (Wildman–Crippen LogP) is 3.12. The van der Waals surface area contributed by atoms with Crippen LogP contribution in [0.3, 0.4) is 0 Å². The summed E-state index contributed by atoms with van der Waals surface area (Å²) in [5, 5.41) is 3.33. The molecule has 2 aromatic rings. The quantitative estimate of drug-likeness (QED) is 0.688. The molecule has 1 unspecified atom stereocenters. The summed E-state index contributed by atoms with van der Waals surface area (Å²) in [4.78, 5) is 35.5. The molecule has 1 saturated heterocycles. The Morgan fingerprint density at radius 2 is 2.09 bits per heavy atom. The van der Waals surface area contributed by atoms with Crippen molar-refractivity contribution in [2.24, 2.45) is 11.1 Å². The van der Waals surface area contributed by atoms with E-state index < -0.39 is 30.1 Å². The third-order valence-corrected chi connectivity index (χ3v) is 5.58. The average Bonchev–Trinajstić information content (AvgIpc) is 3.12. The van der Waals surface area contributed by atoms with E-state index in [0.29, 0.717) is 17.1 Å².